The first-order chi connectivity index (χ1) is 14.2. The summed E-state index contributed by atoms with van der Waals surface area (Å²) >= 11 is 1.75. The van der Waals surface area contributed by atoms with Gasteiger partial charge in [0, 0.05) is 30.8 Å². The monoisotopic (exact) mass is 410 g/mol. The Morgan fingerprint density at radius 3 is 2.66 bits per heavy atom. The molecular formula is C23H23FN2O2S. The molecule has 6 heteroatoms. The van der Waals surface area contributed by atoms with Crippen molar-refractivity contribution in [2.75, 3.05) is 25.6 Å². The molecule has 1 aromatic heterocycles. The molecule has 0 radical (unpaired) electrons. The van der Waals surface area contributed by atoms with Crippen molar-refractivity contribution in [3.05, 3.63) is 87.4 Å². The van der Waals surface area contributed by atoms with Crippen LogP contribution in [-0.2, 0) is 22.5 Å². The second-order valence-corrected chi connectivity index (χ2v) is 8.07. The zero-order valence-electron chi connectivity index (χ0n) is 16.2. The van der Waals surface area contributed by atoms with Crippen LogP contribution in [0.2, 0.25) is 0 Å². The fourth-order valence-electron chi connectivity index (χ4n) is 3.74. The van der Waals surface area contributed by atoms with Crippen LogP contribution in [0.5, 0.6) is 0 Å². The van der Waals surface area contributed by atoms with E-state index in [4.69, 9.17) is 4.74 Å². The van der Waals surface area contributed by atoms with E-state index in [0.29, 0.717) is 13.1 Å². The smallest absolute Gasteiger partial charge is 0.249 e. The predicted molar refractivity (Wildman–Crippen MR) is 114 cm³/mol. The van der Waals surface area contributed by atoms with Crippen molar-refractivity contribution >= 4 is 22.9 Å². The van der Waals surface area contributed by atoms with Gasteiger partial charge in [0.05, 0.1) is 6.04 Å². The van der Waals surface area contributed by atoms with E-state index in [2.05, 4.69) is 28.9 Å². The third-order valence-corrected chi connectivity index (χ3v) is 6.19. The van der Waals surface area contributed by atoms with Crippen molar-refractivity contribution in [1.82, 2.24) is 4.90 Å². The van der Waals surface area contributed by atoms with Crippen LogP contribution in [-0.4, -0.2) is 31.1 Å². The lowest BCUT2D eigenvalue weighted by Gasteiger charge is -2.36. The van der Waals surface area contributed by atoms with Gasteiger partial charge in [0.15, 0.2) is 0 Å². The van der Waals surface area contributed by atoms with Crippen LogP contribution in [0, 0.1) is 5.82 Å². The van der Waals surface area contributed by atoms with Gasteiger partial charge in [-0.3, -0.25) is 4.79 Å². The minimum atomic E-state index is -0.231. The Kier molecular flexibility index (Phi) is 5.92. The summed E-state index contributed by atoms with van der Waals surface area (Å²) in [5.41, 5.74) is 4.29. The topological polar surface area (TPSA) is 41.6 Å². The quantitative estimate of drug-likeness (QED) is 0.645. The van der Waals surface area contributed by atoms with E-state index in [1.54, 1.807) is 30.6 Å². The van der Waals surface area contributed by atoms with E-state index in [1.807, 2.05) is 17.0 Å². The molecule has 4 rings (SSSR count). The molecule has 0 saturated heterocycles. The van der Waals surface area contributed by atoms with Gasteiger partial charge >= 0.3 is 0 Å². The number of carbonyl (C=O) groups is 1. The van der Waals surface area contributed by atoms with Crippen LogP contribution in [0.15, 0.2) is 60.0 Å². The van der Waals surface area contributed by atoms with Crippen molar-refractivity contribution in [2.45, 2.75) is 19.0 Å². The maximum Gasteiger partial charge on any atom is 0.249 e. The predicted octanol–water partition coefficient (Wildman–Crippen LogP) is 4.62. The number of benzene rings is 2. The Hall–Kier alpha value is -2.70. The zero-order valence-corrected chi connectivity index (χ0v) is 17.0. The Bertz CT molecular complexity index is 969. The van der Waals surface area contributed by atoms with Crippen molar-refractivity contribution < 1.29 is 13.9 Å². The lowest BCUT2D eigenvalue weighted by molar-refractivity contribution is -0.137. The van der Waals surface area contributed by atoms with E-state index in [9.17, 15) is 9.18 Å². The van der Waals surface area contributed by atoms with Gasteiger partial charge in [0.25, 0.3) is 0 Å². The molecule has 0 fully saturated rings. The molecular weight excluding hydrogens is 387 g/mol. The van der Waals surface area contributed by atoms with Gasteiger partial charge in [-0.1, -0.05) is 24.3 Å². The third-order valence-electron chi connectivity index (χ3n) is 5.19. The summed E-state index contributed by atoms with van der Waals surface area (Å²) in [6.07, 6.45) is 0.885. The summed E-state index contributed by atoms with van der Waals surface area (Å²) in [5.74, 6) is -0.223. The van der Waals surface area contributed by atoms with E-state index >= 15 is 0 Å². The van der Waals surface area contributed by atoms with Gasteiger partial charge in [-0.15, -0.1) is 11.3 Å². The number of anilines is 1. The van der Waals surface area contributed by atoms with E-state index in [1.165, 1.54) is 22.6 Å². The molecule has 150 valence electrons. The molecule has 0 spiro atoms. The van der Waals surface area contributed by atoms with Gasteiger partial charge in [-0.05, 0) is 58.8 Å². The van der Waals surface area contributed by atoms with Gasteiger partial charge in [-0.25, -0.2) is 4.39 Å². The Labute approximate surface area is 173 Å². The molecule has 29 heavy (non-hydrogen) atoms. The SMILES string of the molecule is COCC(=O)N1CCc2sccc2C1c1ccc(NCc2ccc(F)cc2)cc1. The summed E-state index contributed by atoms with van der Waals surface area (Å²) in [6.45, 7) is 1.41. The highest BCUT2D eigenvalue weighted by molar-refractivity contribution is 7.10. The van der Waals surface area contributed by atoms with Crippen molar-refractivity contribution in [3.63, 3.8) is 0 Å². The second-order valence-electron chi connectivity index (χ2n) is 7.07. The first kappa shape index (κ1) is 19.6. The number of carbonyl (C=O) groups excluding carboxylic acids is 1. The molecule has 1 amide bonds. The molecule has 1 aliphatic heterocycles. The number of amides is 1. The van der Waals surface area contributed by atoms with Crippen molar-refractivity contribution in [3.8, 4) is 0 Å². The number of halogens is 1. The molecule has 3 aromatic rings. The minimum absolute atomic E-state index is 0.00728. The Morgan fingerprint density at radius 1 is 1.17 bits per heavy atom. The molecule has 2 aromatic carbocycles. The van der Waals surface area contributed by atoms with Gasteiger partial charge < -0.3 is 15.0 Å². The highest BCUT2D eigenvalue weighted by Gasteiger charge is 2.32. The molecule has 1 atom stereocenters. The normalized spacial score (nSPS) is 15.8. The number of nitrogens with one attached hydrogen (secondary N) is 1. The van der Waals surface area contributed by atoms with Crippen LogP contribution < -0.4 is 5.32 Å². The van der Waals surface area contributed by atoms with Crippen molar-refractivity contribution in [2.24, 2.45) is 0 Å². The van der Waals surface area contributed by atoms with Gasteiger partial charge in [0.1, 0.15) is 12.4 Å². The first-order valence-electron chi connectivity index (χ1n) is 9.58. The average molecular weight is 411 g/mol. The highest BCUT2D eigenvalue weighted by atomic mass is 32.1. The van der Waals surface area contributed by atoms with Gasteiger partial charge in [0.2, 0.25) is 5.91 Å². The summed E-state index contributed by atoms with van der Waals surface area (Å²) in [5, 5.41) is 5.46. The lowest BCUT2D eigenvalue weighted by Crippen LogP contribution is -2.41. The van der Waals surface area contributed by atoms with Crippen LogP contribution in [0.4, 0.5) is 10.1 Å². The molecule has 4 nitrogen and oxygen atoms in total. The number of hydrogen-bond acceptors (Lipinski definition) is 4. The largest absolute Gasteiger partial charge is 0.381 e. The molecule has 0 bridgehead atoms. The van der Waals surface area contributed by atoms with E-state index in [-0.39, 0.29) is 24.4 Å². The fraction of sp³-hybridized carbons (Fsp3) is 0.261. The van der Waals surface area contributed by atoms with Crippen molar-refractivity contribution in [1.29, 1.82) is 0 Å². The number of ether oxygens (including phenoxy) is 1. The molecule has 0 saturated carbocycles. The maximum atomic E-state index is 13.0. The minimum Gasteiger partial charge on any atom is -0.381 e. The number of hydrogen-bond donors (Lipinski definition) is 1. The molecule has 1 N–H and O–H groups in total. The molecule has 2 heterocycles. The van der Waals surface area contributed by atoms with E-state index in [0.717, 1.165) is 23.2 Å². The Morgan fingerprint density at radius 2 is 1.93 bits per heavy atom. The van der Waals surface area contributed by atoms with E-state index < -0.39 is 0 Å². The molecule has 0 aliphatic carbocycles. The number of methoxy groups -OCH3 is 1. The summed E-state index contributed by atoms with van der Waals surface area (Å²) in [7, 11) is 1.55. The summed E-state index contributed by atoms with van der Waals surface area (Å²) < 4.78 is 18.1. The van der Waals surface area contributed by atoms with Crippen LogP contribution in [0.1, 0.15) is 27.6 Å². The maximum absolute atomic E-state index is 13.0. The standard InChI is InChI=1S/C23H23FN2O2S/c1-28-15-22(27)26-12-10-21-20(11-13-29-21)23(26)17-4-8-19(9-5-17)25-14-16-2-6-18(24)7-3-16/h2-9,11,13,23,25H,10,12,14-15H2,1H3. The van der Waals surface area contributed by atoms with Crippen LogP contribution in [0.3, 0.4) is 0 Å². The molecule has 1 aliphatic rings. The molecule has 1 unspecified atom stereocenters. The number of fused-ring (bicyclic) bond motifs is 1. The number of rotatable bonds is 6. The second kappa shape index (κ2) is 8.76. The Balaban J connectivity index is 1.53. The first-order valence-corrected chi connectivity index (χ1v) is 10.5. The lowest BCUT2D eigenvalue weighted by atomic mass is 9.93. The fourth-order valence-corrected chi connectivity index (χ4v) is 4.64. The average Bonchev–Trinajstić information content (AvgIpc) is 3.22. The zero-order chi connectivity index (χ0) is 20.2. The highest BCUT2D eigenvalue weighted by Crippen LogP contribution is 2.38. The van der Waals surface area contributed by atoms with Crippen LogP contribution in [0.25, 0.3) is 0 Å². The van der Waals surface area contributed by atoms with Crippen LogP contribution >= 0.6 is 11.3 Å². The number of thiophene rings is 1. The van der Waals surface area contributed by atoms with Gasteiger partial charge in [-0.2, -0.15) is 0 Å². The summed E-state index contributed by atoms with van der Waals surface area (Å²) in [4.78, 5) is 15.9. The summed E-state index contributed by atoms with van der Waals surface area (Å²) in [6, 6.07) is 16.7. The number of nitrogens with zero attached hydrogens (tertiary/aromatic N) is 1. The third kappa shape index (κ3) is 4.33.